The van der Waals surface area contributed by atoms with E-state index >= 15 is 0 Å². The Labute approximate surface area is 489 Å². The standard InChI is InChI=1S/C52H80N14O13S3/c1-5-65(39(30-81-82-42-18-10-12-23-56-42)50(77)59-32-14-7-6-8-15-32)43(71)27-58-46(73)37(29-68)60-41(70)26-57-45(72)35(19-20-40(55)69)63-51(78)44(31(2)3)64-48(75)36(21-25-80-4)61-47(74)34(16-9-11-22-53)62-49(76)38-17-13-24-66(38)52(79)33(54)28-67/h6-8,10,12,14-15,18,23,31,33-39,44,67-68H,5,9,11,13,16-17,19-22,24-30,53-54H2,1-4H3,(H2,55,69)(H,57,72)(H,58,73)(H,59,77)(H,60,70)(H,61,74)(H,62,76)(H,63,78)(H,64,75)/t33-,34-,35-,36-,37-,38-,39-,44-/m0/s1. The van der Waals surface area contributed by atoms with Crippen LogP contribution in [0, 0.1) is 5.92 Å². The maximum absolute atomic E-state index is 14.0. The number of aliphatic hydroxyl groups excluding tert-OH is 2. The van der Waals surface area contributed by atoms with E-state index in [4.69, 9.17) is 17.2 Å². The van der Waals surface area contributed by atoms with Crippen LogP contribution in [-0.2, 0) is 52.7 Å². The normalized spacial score (nSPS) is 15.5. The third kappa shape index (κ3) is 23.7. The van der Waals surface area contributed by atoms with Crippen LogP contribution in [0.3, 0.4) is 0 Å². The average molecular weight is 1210 g/mol. The Morgan fingerprint density at radius 1 is 0.756 bits per heavy atom. The number of para-hydroxylation sites is 1. The number of nitrogens with two attached hydrogens (primary N) is 3. The highest BCUT2D eigenvalue weighted by Gasteiger charge is 2.39. The number of benzene rings is 1. The second-order valence-corrected chi connectivity index (χ2v) is 22.6. The number of primary amides is 1. The van der Waals surface area contributed by atoms with E-state index in [0.717, 1.165) is 0 Å². The lowest BCUT2D eigenvalue weighted by molar-refractivity contribution is -0.141. The van der Waals surface area contributed by atoms with Gasteiger partial charge in [0.1, 0.15) is 53.4 Å². The van der Waals surface area contributed by atoms with E-state index < -0.39 is 152 Å². The van der Waals surface area contributed by atoms with Crippen LogP contribution < -0.4 is 59.7 Å². The number of amides is 11. The zero-order valence-electron chi connectivity index (χ0n) is 46.6. The number of likely N-dealkylation sites (N-methyl/N-ethyl adjacent to an activating group) is 1. The Balaban J connectivity index is 1.67. The topological polar surface area (TPSA) is 422 Å². The monoisotopic (exact) mass is 1200 g/mol. The van der Waals surface area contributed by atoms with Crippen LogP contribution >= 0.6 is 33.3 Å². The molecule has 30 heteroatoms. The number of pyridine rings is 1. The number of carbonyl (C=O) groups excluding carboxylic acids is 11. The molecule has 8 atom stereocenters. The van der Waals surface area contributed by atoms with E-state index in [1.165, 1.54) is 43.1 Å². The van der Waals surface area contributed by atoms with E-state index in [1.54, 1.807) is 75.7 Å². The fraction of sp³-hybridized carbons (Fsp3) is 0.577. The molecule has 1 aliphatic heterocycles. The molecular formula is C52H80N14O13S3. The molecule has 1 aromatic carbocycles. The van der Waals surface area contributed by atoms with Gasteiger partial charge in [0, 0.05) is 37.1 Å². The molecule has 0 aliphatic carbocycles. The van der Waals surface area contributed by atoms with Gasteiger partial charge in [0.05, 0.1) is 26.3 Å². The number of carbonyl (C=O) groups is 11. The minimum Gasteiger partial charge on any atom is -0.394 e. The third-order valence-corrected chi connectivity index (χ3v) is 15.7. The molecule has 82 heavy (non-hydrogen) atoms. The first kappa shape index (κ1) is 69.7. The first-order chi connectivity index (χ1) is 39.2. The summed E-state index contributed by atoms with van der Waals surface area (Å²) in [7, 11) is 2.60. The lowest BCUT2D eigenvalue weighted by atomic mass is 10.0. The number of rotatable bonds is 37. The summed E-state index contributed by atoms with van der Waals surface area (Å²) in [6, 6.07) is 3.96. The summed E-state index contributed by atoms with van der Waals surface area (Å²) in [5.41, 5.74) is 17.4. The van der Waals surface area contributed by atoms with Crippen molar-refractivity contribution < 1.29 is 63.0 Å². The molecule has 27 nitrogen and oxygen atoms in total. The molecule has 0 unspecified atom stereocenters. The Morgan fingerprint density at radius 2 is 1.40 bits per heavy atom. The highest BCUT2D eigenvalue weighted by atomic mass is 33.1. The molecule has 454 valence electrons. The molecule has 0 bridgehead atoms. The SMILES string of the molecule is CCN(C(=O)CNC(=O)[C@H](CO)NC(=O)CNC(=O)[C@H](CCC(N)=O)NC(=O)[C@@H](NC(=O)[C@H](CCSC)NC(=O)[C@H](CCCCN)NC(=O)[C@@H]1CCCN1C(=O)[C@@H](N)CO)C(C)C)[C@@H](CSSc1ccccn1)C(=O)Nc1ccccc1. The number of likely N-dealkylation sites (tertiary alicyclic amines) is 1. The maximum Gasteiger partial charge on any atom is 0.248 e. The molecule has 2 aromatic rings. The van der Waals surface area contributed by atoms with E-state index in [0.29, 0.717) is 42.3 Å². The van der Waals surface area contributed by atoms with Gasteiger partial charge >= 0.3 is 0 Å². The fourth-order valence-corrected chi connectivity index (χ4v) is 10.9. The van der Waals surface area contributed by atoms with Gasteiger partial charge in [-0.15, -0.1) is 0 Å². The first-order valence-corrected chi connectivity index (χ1v) is 30.6. The molecule has 1 fully saturated rings. The minimum atomic E-state index is -1.61. The van der Waals surface area contributed by atoms with Crippen LogP contribution in [0.4, 0.5) is 5.69 Å². The van der Waals surface area contributed by atoms with Gasteiger partial charge in [-0.05, 0) is 111 Å². The number of nitrogens with zero attached hydrogens (tertiary/aromatic N) is 3. The zero-order valence-corrected chi connectivity index (χ0v) is 49.0. The van der Waals surface area contributed by atoms with E-state index in [9.17, 15) is 63.0 Å². The van der Waals surface area contributed by atoms with E-state index in [1.807, 2.05) is 6.07 Å². The van der Waals surface area contributed by atoms with Crippen molar-refractivity contribution >= 4 is 104 Å². The molecular weight excluding hydrogens is 1120 g/mol. The van der Waals surface area contributed by atoms with Crippen LogP contribution in [0.25, 0.3) is 0 Å². The first-order valence-electron chi connectivity index (χ1n) is 26.9. The Hall–Kier alpha value is -6.57. The molecule has 0 spiro atoms. The summed E-state index contributed by atoms with van der Waals surface area (Å²) >= 11 is 1.37. The molecule has 1 aromatic heterocycles. The second kappa shape index (κ2) is 37.5. The molecule has 0 radical (unpaired) electrons. The van der Waals surface area contributed by atoms with Crippen molar-refractivity contribution in [3.63, 3.8) is 0 Å². The van der Waals surface area contributed by atoms with Gasteiger partial charge in [0.25, 0.3) is 0 Å². The van der Waals surface area contributed by atoms with Gasteiger partial charge in [-0.25, -0.2) is 4.98 Å². The van der Waals surface area contributed by atoms with Crippen LogP contribution in [0.5, 0.6) is 0 Å². The van der Waals surface area contributed by atoms with Crippen molar-refractivity contribution in [1.29, 1.82) is 0 Å². The number of unbranched alkanes of at least 4 members (excludes halogenated alkanes) is 1. The van der Waals surface area contributed by atoms with E-state index in [2.05, 4.69) is 47.5 Å². The van der Waals surface area contributed by atoms with Crippen LogP contribution in [0.1, 0.15) is 72.1 Å². The number of nitrogens with one attached hydrogen (secondary N) is 8. The lowest BCUT2D eigenvalue weighted by Gasteiger charge is -2.30. The van der Waals surface area contributed by atoms with Gasteiger partial charge in [-0.1, -0.05) is 48.9 Å². The smallest absolute Gasteiger partial charge is 0.248 e. The largest absolute Gasteiger partial charge is 0.394 e. The van der Waals surface area contributed by atoms with Crippen molar-refractivity contribution in [1.82, 2.24) is 52.0 Å². The summed E-state index contributed by atoms with van der Waals surface area (Å²) in [6.45, 7) is 2.48. The average Bonchev–Trinajstić information content (AvgIpc) is 3.96. The number of anilines is 1. The van der Waals surface area contributed by atoms with Gasteiger partial charge in [-0.2, -0.15) is 11.8 Å². The number of aliphatic hydroxyl groups is 2. The Bertz CT molecular complexity index is 2440. The number of thioether (sulfide) groups is 1. The molecule has 16 N–H and O–H groups in total. The van der Waals surface area contributed by atoms with Gasteiger partial charge in [0.15, 0.2) is 0 Å². The quantitative estimate of drug-likeness (QED) is 0.0244. The molecule has 1 saturated heterocycles. The Kier molecular flexibility index (Phi) is 31.9. The van der Waals surface area contributed by atoms with Crippen molar-refractivity contribution in [2.45, 2.75) is 125 Å². The molecule has 3 rings (SSSR count). The minimum absolute atomic E-state index is 0.0700. The highest BCUT2D eigenvalue weighted by molar-refractivity contribution is 8.76. The number of hydrogen-bond donors (Lipinski definition) is 13. The van der Waals surface area contributed by atoms with Crippen LogP contribution in [0.15, 0.2) is 59.8 Å². The van der Waals surface area contributed by atoms with Crippen LogP contribution in [-0.4, -0.2) is 202 Å². The summed E-state index contributed by atoms with van der Waals surface area (Å²) in [5.74, 6) is -8.61. The number of aromatic nitrogens is 1. The highest BCUT2D eigenvalue weighted by Crippen LogP contribution is 2.31. The molecule has 11 amide bonds. The fourth-order valence-electron chi connectivity index (χ4n) is 8.30. The Morgan fingerprint density at radius 3 is 2.02 bits per heavy atom. The molecule has 0 saturated carbocycles. The third-order valence-electron chi connectivity index (χ3n) is 12.8. The van der Waals surface area contributed by atoms with E-state index in [-0.39, 0.29) is 44.5 Å². The van der Waals surface area contributed by atoms with Gasteiger partial charge in [0.2, 0.25) is 65.0 Å². The second-order valence-electron chi connectivity index (χ2n) is 19.3. The van der Waals surface area contributed by atoms with Crippen molar-refractivity contribution in [2.24, 2.45) is 23.1 Å². The predicted molar refractivity (Wildman–Crippen MR) is 311 cm³/mol. The van der Waals surface area contributed by atoms with Crippen LogP contribution in [0.2, 0.25) is 0 Å². The molecule has 2 heterocycles. The number of hydrogen-bond acceptors (Lipinski definition) is 19. The summed E-state index contributed by atoms with van der Waals surface area (Å²) in [6.07, 6.45) is 4.57. The summed E-state index contributed by atoms with van der Waals surface area (Å²) in [5, 5.41) is 40.6. The maximum atomic E-state index is 14.0. The zero-order chi connectivity index (χ0) is 60.7. The predicted octanol–water partition coefficient (Wildman–Crippen LogP) is -2.56. The summed E-state index contributed by atoms with van der Waals surface area (Å²) < 4.78 is 0. The lowest BCUT2D eigenvalue weighted by Crippen LogP contribution is -2.60. The van der Waals surface area contributed by atoms with Crippen molar-refractivity contribution in [3.8, 4) is 0 Å². The van der Waals surface area contributed by atoms with Gasteiger partial charge in [-0.3, -0.25) is 52.7 Å². The van der Waals surface area contributed by atoms with Gasteiger partial charge < -0.3 is 79.7 Å². The summed E-state index contributed by atoms with van der Waals surface area (Å²) in [4.78, 5) is 154. The molecule has 1 aliphatic rings. The van der Waals surface area contributed by atoms with Crippen molar-refractivity contribution in [3.05, 3.63) is 54.7 Å². The van der Waals surface area contributed by atoms with Crippen molar-refractivity contribution in [2.75, 3.05) is 69.0 Å².